The zero-order valence-corrected chi connectivity index (χ0v) is 31.3. The minimum Gasteiger partial charge on any atom is -0.497 e. The Morgan fingerprint density at radius 3 is 2.32 bits per heavy atom. The van der Waals surface area contributed by atoms with Crippen LogP contribution in [0, 0.1) is 11.8 Å². The molecule has 1 aliphatic carbocycles. The van der Waals surface area contributed by atoms with Crippen LogP contribution >= 0.6 is 0 Å². The van der Waals surface area contributed by atoms with E-state index in [1.807, 2.05) is 84.6 Å². The molecule has 8 heteroatoms. The molecular weight excluding hydrogens is 663 g/mol. The quantitative estimate of drug-likeness (QED) is 0.130. The van der Waals surface area contributed by atoms with E-state index < -0.39 is 5.79 Å². The third-order valence-electron chi connectivity index (χ3n) is 10.9. The first-order valence-electron chi connectivity index (χ1n) is 19.4. The Morgan fingerprint density at radius 2 is 1.64 bits per heavy atom. The van der Waals surface area contributed by atoms with Gasteiger partial charge in [-0.25, -0.2) is 0 Å². The fourth-order valence-corrected chi connectivity index (χ4v) is 7.77. The third kappa shape index (κ3) is 10.6. The van der Waals surface area contributed by atoms with Crippen LogP contribution in [-0.2, 0) is 16.1 Å². The lowest BCUT2D eigenvalue weighted by Crippen LogP contribution is -2.38. The number of benzene rings is 3. The van der Waals surface area contributed by atoms with Gasteiger partial charge in [0.15, 0.2) is 5.79 Å². The zero-order valence-electron chi connectivity index (χ0n) is 31.3. The SMILES string of the molecule is CCOC1(O)C=CC(N(Cc2cccc(-c3cccc(C(=O)N4CCC(CCCC5CCNCC5)CC4)c3)c2)C(=O)/C=C/c2ccc(OC)cc2)=CC1. The first-order valence-corrected chi connectivity index (χ1v) is 19.4. The van der Waals surface area contributed by atoms with E-state index in [9.17, 15) is 14.7 Å². The maximum absolute atomic E-state index is 13.8. The minimum absolute atomic E-state index is 0.0969. The predicted molar refractivity (Wildman–Crippen MR) is 211 cm³/mol. The van der Waals surface area contributed by atoms with Crippen molar-refractivity contribution in [1.82, 2.24) is 15.1 Å². The highest BCUT2D eigenvalue weighted by Gasteiger charge is 2.28. The van der Waals surface area contributed by atoms with Gasteiger partial charge in [0.2, 0.25) is 0 Å². The molecule has 280 valence electrons. The van der Waals surface area contributed by atoms with Crippen molar-refractivity contribution in [2.75, 3.05) is 39.9 Å². The monoisotopic (exact) mass is 717 g/mol. The number of piperidine rings is 2. The molecule has 0 aromatic heterocycles. The number of hydrogen-bond acceptors (Lipinski definition) is 6. The van der Waals surface area contributed by atoms with Crippen molar-refractivity contribution in [3.63, 3.8) is 0 Å². The van der Waals surface area contributed by atoms with Crippen LogP contribution in [0.4, 0.5) is 0 Å². The third-order valence-corrected chi connectivity index (χ3v) is 10.9. The van der Waals surface area contributed by atoms with Gasteiger partial charge in [0.1, 0.15) is 5.75 Å². The summed E-state index contributed by atoms with van der Waals surface area (Å²) in [6, 6.07) is 23.5. The van der Waals surface area contributed by atoms with E-state index in [1.54, 1.807) is 36.3 Å². The highest BCUT2D eigenvalue weighted by atomic mass is 16.6. The summed E-state index contributed by atoms with van der Waals surface area (Å²) in [4.78, 5) is 31.2. The molecule has 1 unspecified atom stereocenters. The van der Waals surface area contributed by atoms with Gasteiger partial charge in [0.25, 0.3) is 11.8 Å². The molecule has 3 aliphatic rings. The number of rotatable bonds is 14. The molecule has 0 saturated carbocycles. The van der Waals surface area contributed by atoms with Gasteiger partial charge in [-0.2, -0.15) is 0 Å². The Bertz CT molecular complexity index is 1770. The van der Waals surface area contributed by atoms with Crippen LogP contribution in [0.1, 0.15) is 79.8 Å². The van der Waals surface area contributed by atoms with Gasteiger partial charge in [0, 0.05) is 43.5 Å². The first kappa shape index (κ1) is 38.2. The summed E-state index contributed by atoms with van der Waals surface area (Å²) in [7, 11) is 1.62. The molecule has 0 bridgehead atoms. The van der Waals surface area contributed by atoms with Crippen LogP contribution in [0.5, 0.6) is 5.75 Å². The van der Waals surface area contributed by atoms with Crippen LogP contribution in [0.25, 0.3) is 17.2 Å². The van der Waals surface area contributed by atoms with Crippen molar-refractivity contribution in [2.24, 2.45) is 11.8 Å². The van der Waals surface area contributed by atoms with Crippen molar-refractivity contribution in [3.8, 4) is 16.9 Å². The molecule has 1 atom stereocenters. The Kier molecular flexibility index (Phi) is 13.3. The van der Waals surface area contributed by atoms with Gasteiger partial charge in [-0.05, 0) is 128 Å². The lowest BCUT2D eigenvalue weighted by Gasteiger charge is -2.32. The van der Waals surface area contributed by atoms with Crippen molar-refractivity contribution in [2.45, 2.75) is 70.6 Å². The molecule has 53 heavy (non-hydrogen) atoms. The van der Waals surface area contributed by atoms with Gasteiger partial charge >= 0.3 is 0 Å². The van der Waals surface area contributed by atoms with Crippen LogP contribution in [-0.4, -0.2) is 72.4 Å². The normalized spacial score (nSPS) is 19.7. The van der Waals surface area contributed by atoms with Gasteiger partial charge in [0.05, 0.1) is 13.7 Å². The van der Waals surface area contributed by atoms with Crippen molar-refractivity contribution < 1.29 is 24.2 Å². The Balaban J connectivity index is 1.11. The number of amides is 2. The van der Waals surface area contributed by atoms with E-state index in [0.29, 0.717) is 24.4 Å². The lowest BCUT2D eigenvalue weighted by atomic mass is 9.87. The minimum atomic E-state index is -1.39. The second-order valence-electron chi connectivity index (χ2n) is 14.6. The first-order chi connectivity index (χ1) is 25.8. The Morgan fingerprint density at radius 1 is 0.943 bits per heavy atom. The van der Waals surface area contributed by atoms with E-state index in [4.69, 9.17) is 9.47 Å². The van der Waals surface area contributed by atoms with Gasteiger partial charge < -0.3 is 29.7 Å². The highest BCUT2D eigenvalue weighted by molar-refractivity contribution is 5.95. The number of hydrogen-bond donors (Lipinski definition) is 2. The average molecular weight is 718 g/mol. The fourth-order valence-electron chi connectivity index (χ4n) is 7.77. The summed E-state index contributed by atoms with van der Waals surface area (Å²) in [6.07, 6.45) is 17.5. The molecule has 0 radical (unpaired) electrons. The summed E-state index contributed by atoms with van der Waals surface area (Å²) in [5, 5.41) is 14.2. The van der Waals surface area contributed by atoms with Crippen LogP contribution < -0.4 is 10.1 Å². The van der Waals surface area contributed by atoms with E-state index in [0.717, 1.165) is 65.8 Å². The lowest BCUT2D eigenvalue weighted by molar-refractivity contribution is -0.161. The second-order valence-corrected chi connectivity index (χ2v) is 14.6. The van der Waals surface area contributed by atoms with Crippen LogP contribution in [0.15, 0.2) is 103 Å². The van der Waals surface area contributed by atoms with Crippen LogP contribution in [0.3, 0.4) is 0 Å². The molecule has 3 aromatic carbocycles. The van der Waals surface area contributed by atoms with E-state index in [-0.39, 0.29) is 18.2 Å². The van der Waals surface area contributed by atoms with Gasteiger partial charge in [-0.15, -0.1) is 0 Å². The molecular formula is C45H55N3O5. The molecule has 8 nitrogen and oxygen atoms in total. The standard InChI is InChI=1S/C45H55N3O5/c1-3-53-45(51)25-19-41(20-26-45)48(43(49)18-15-36-13-16-42(52-2)17-14-36)33-37-9-5-10-38(31-37)39-11-6-12-40(32-39)44(50)47-29-23-35(24-30-47)8-4-7-34-21-27-46-28-22-34/h5-6,9-20,25,31-32,34-35,46,51H,3-4,7-8,21-24,26-30,33H2,1-2H3/b18-15+. The number of methoxy groups -OCH3 is 1. The second kappa shape index (κ2) is 18.5. The zero-order chi connectivity index (χ0) is 37.0. The number of likely N-dealkylation sites (tertiary alicyclic amines) is 1. The fraction of sp³-hybridized carbons (Fsp3) is 0.422. The van der Waals surface area contributed by atoms with Gasteiger partial charge in [-0.1, -0.05) is 67.8 Å². The molecule has 0 spiro atoms. The van der Waals surface area contributed by atoms with Crippen LogP contribution in [0.2, 0.25) is 0 Å². The van der Waals surface area contributed by atoms with Gasteiger partial charge in [-0.3, -0.25) is 9.59 Å². The average Bonchev–Trinajstić information content (AvgIpc) is 3.20. The Labute approximate surface area is 315 Å². The summed E-state index contributed by atoms with van der Waals surface area (Å²) in [5.74, 6) is 0.862. The largest absolute Gasteiger partial charge is 0.497 e. The highest BCUT2D eigenvalue weighted by Crippen LogP contribution is 2.30. The maximum Gasteiger partial charge on any atom is 0.253 e. The van der Waals surface area contributed by atoms with Crippen molar-refractivity contribution >= 4 is 17.9 Å². The van der Waals surface area contributed by atoms with E-state index >= 15 is 0 Å². The summed E-state index contributed by atoms with van der Waals surface area (Å²) in [5.41, 5.74) is 5.14. The summed E-state index contributed by atoms with van der Waals surface area (Å²) < 4.78 is 10.8. The number of ether oxygens (including phenoxy) is 2. The van der Waals surface area contributed by atoms with E-state index in [1.165, 1.54) is 45.2 Å². The number of nitrogens with zero attached hydrogens (tertiary/aromatic N) is 2. The van der Waals surface area contributed by atoms with Crippen molar-refractivity contribution in [3.05, 3.63) is 119 Å². The topological polar surface area (TPSA) is 91.3 Å². The number of aliphatic hydroxyl groups is 1. The number of allylic oxidation sites excluding steroid dienone is 1. The summed E-state index contributed by atoms with van der Waals surface area (Å²) >= 11 is 0. The molecule has 2 aliphatic heterocycles. The predicted octanol–water partition coefficient (Wildman–Crippen LogP) is 8.00. The Hall–Kier alpha value is -4.50. The molecule has 2 amide bonds. The molecule has 6 rings (SSSR count). The number of nitrogens with one attached hydrogen (secondary N) is 1. The number of carbonyl (C=O) groups excluding carboxylic acids is 2. The maximum atomic E-state index is 13.8. The van der Waals surface area contributed by atoms with Crippen molar-refractivity contribution in [1.29, 1.82) is 0 Å². The molecule has 2 fully saturated rings. The molecule has 2 heterocycles. The number of carbonyl (C=O) groups is 2. The molecule has 2 N–H and O–H groups in total. The molecule has 3 aromatic rings. The van der Waals surface area contributed by atoms with E-state index in [2.05, 4.69) is 11.4 Å². The summed E-state index contributed by atoms with van der Waals surface area (Å²) in [6.45, 7) is 6.49. The smallest absolute Gasteiger partial charge is 0.253 e. The molecule has 2 saturated heterocycles.